The zero-order valence-electron chi connectivity index (χ0n) is 49.0. The first kappa shape index (κ1) is 71.9. The summed E-state index contributed by atoms with van der Waals surface area (Å²) in [6.07, 6.45) is 81.6. The van der Waals surface area contributed by atoms with Crippen LogP contribution in [0.4, 0.5) is 0 Å². The number of carboxylic acid groups (broad SMARTS) is 1. The topological polar surface area (TPSA) is 111 Å². The van der Waals surface area contributed by atoms with E-state index in [2.05, 4.69) is 172 Å². The molecular weight excluding hydrogens is 959 g/mol. The van der Waals surface area contributed by atoms with Crippen LogP contribution in [0.3, 0.4) is 0 Å². The fourth-order valence-corrected chi connectivity index (χ4v) is 7.22. The maximum Gasteiger partial charge on any atom is 0.306 e. The predicted octanol–water partition coefficient (Wildman–Crippen LogP) is 16.4. The van der Waals surface area contributed by atoms with E-state index in [1.807, 2.05) is 21.1 Å². The number of quaternary nitrogens is 1. The molecule has 0 fully saturated rings. The van der Waals surface area contributed by atoms with E-state index < -0.39 is 24.3 Å². The van der Waals surface area contributed by atoms with Crippen molar-refractivity contribution in [2.45, 2.75) is 206 Å². The molecule has 0 rings (SSSR count). The smallest absolute Gasteiger partial charge is 0.306 e. The van der Waals surface area contributed by atoms with Crippen LogP contribution in [0.25, 0.3) is 0 Å². The van der Waals surface area contributed by atoms with Gasteiger partial charge < -0.3 is 33.3 Å². The summed E-state index contributed by atoms with van der Waals surface area (Å²) in [5, 5.41) is 11.8. The second kappa shape index (κ2) is 57.1. The van der Waals surface area contributed by atoms with Crippen molar-refractivity contribution in [3.63, 3.8) is 0 Å². The number of nitrogens with zero attached hydrogens (tertiary/aromatic N) is 1. The number of hydrogen-bond acceptors (Lipinski definition) is 8. The summed E-state index contributed by atoms with van der Waals surface area (Å²) in [5.74, 6) is -2.35. The number of carbonyl (C=O) groups excluding carboxylic acids is 3. The van der Waals surface area contributed by atoms with E-state index in [4.69, 9.17) is 18.9 Å². The lowest BCUT2D eigenvalue weighted by atomic mass is 10.1. The quantitative estimate of drug-likeness (QED) is 0.0195. The number of esters is 2. The Hall–Kier alpha value is -5.09. The van der Waals surface area contributed by atoms with Crippen molar-refractivity contribution in [1.29, 1.82) is 0 Å². The van der Waals surface area contributed by atoms with Crippen LogP contribution >= 0.6 is 0 Å². The minimum absolute atomic E-state index is 0.132. The molecule has 9 nitrogen and oxygen atoms in total. The zero-order valence-corrected chi connectivity index (χ0v) is 49.0. The largest absolute Gasteiger partial charge is 0.545 e. The van der Waals surface area contributed by atoms with Crippen molar-refractivity contribution < 1.29 is 42.9 Å². The molecule has 0 bridgehead atoms. The molecule has 0 saturated carbocycles. The van der Waals surface area contributed by atoms with Gasteiger partial charge in [-0.3, -0.25) is 9.59 Å². The summed E-state index contributed by atoms with van der Waals surface area (Å²) in [7, 11) is 5.89. The number of allylic oxidation sites excluding steroid dienone is 26. The third-order valence-electron chi connectivity index (χ3n) is 11.7. The molecule has 0 amide bonds. The Labute approximate surface area is 470 Å². The maximum atomic E-state index is 12.8. The summed E-state index contributed by atoms with van der Waals surface area (Å²) in [6.45, 7) is 4.49. The number of ether oxygens (including phenoxy) is 4. The molecule has 0 heterocycles. The number of aliphatic carboxylic acids is 1. The summed E-state index contributed by atoms with van der Waals surface area (Å²) in [4.78, 5) is 37.2. The summed E-state index contributed by atoms with van der Waals surface area (Å²) >= 11 is 0. The highest BCUT2D eigenvalue weighted by molar-refractivity contribution is 5.70. The summed E-state index contributed by atoms with van der Waals surface area (Å²) in [5.41, 5.74) is 0. The van der Waals surface area contributed by atoms with Gasteiger partial charge in [0, 0.05) is 12.8 Å². The zero-order chi connectivity index (χ0) is 56.2. The van der Waals surface area contributed by atoms with Crippen LogP contribution in [-0.4, -0.2) is 82.3 Å². The molecule has 0 aliphatic heterocycles. The van der Waals surface area contributed by atoms with Gasteiger partial charge in [-0.2, -0.15) is 0 Å². The van der Waals surface area contributed by atoms with E-state index >= 15 is 0 Å². The average Bonchev–Trinajstić information content (AvgIpc) is 3.40. The van der Waals surface area contributed by atoms with Gasteiger partial charge in [0.1, 0.15) is 13.2 Å². The molecule has 9 heteroatoms. The van der Waals surface area contributed by atoms with Crippen molar-refractivity contribution in [1.82, 2.24) is 0 Å². The van der Waals surface area contributed by atoms with E-state index in [0.717, 1.165) is 148 Å². The predicted molar refractivity (Wildman–Crippen MR) is 324 cm³/mol. The van der Waals surface area contributed by atoms with Gasteiger partial charge in [0.05, 0.1) is 40.3 Å². The van der Waals surface area contributed by atoms with Crippen LogP contribution in [0.2, 0.25) is 0 Å². The lowest BCUT2D eigenvalue weighted by Gasteiger charge is -2.26. The van der Waals surface area contributed by atoms with Crippen LogP contribution in [0.15, 0.2) is 158 Å². The molecule has 0 aromatic heterocycles. The first-order valence-corrected chi connectivity index (χ1v) is 29.6. The average molecular weight is 1070 g/mol. The Balaban J connectivity index is 4.25. The van der Waals surface area contributed by atoms with Gasteiger partial charge in [0.15, 0.2) is 12.4 Å². The Morgan fingerprint density at radius 3 is 1.10 bits per heavy atom. The van der Waals surface area contributed by atoms with E-state index in [1.54, 1.807) is 0 Å². The van der Waals surface area contributed by atoms with Gasteiger partial charge in [0.2, 0.25) is 0 Å². The number of unbranched alkanes of at least 4 members (excludes halogenated alkanes) is 11. The van der Waals surface area contributed by atoms with E-state index in [9.17, 15) is 19.5 Å². The van der Waals surface area contributed by atoms with Crippen molar-refractivity contribution in [2.24, 2.45) is 0 Å². The number of hydrogen-bond donors (Lipinski definition) is 0. The number of rotatable bonds is 52. The van der Waals surface area contributed by atoms with Gasteiger partial charge in [-0.25, -0.2) is 0 Å². The molecule has 0 N–H and O–H groups in total. The lowest BCUT2D eigenvalue weighted by molar-refractivity contribution is -0.870. The molecule has 0 aliphatic rings. The molecule has 0 aromatic carbocycles. The van der Waals surface area contributed by atoms with Crippen LogP contribution < -0.4 is 5.11 Å². The second-order valence-corrected chi connectivity index (χ2v) is 20.2. The normalized spacial score (nSPS) is 13.9. The molecule has 0 aliphatic carbocycles. The van der Waals surface area contributed by atoms with Crippen molar-refractivity contribution >= 4 is 17.9 Å². The molecule has 0 spiro atoms. The fourth-order valence-electron chi connectivity index (χ4n) is 7.22. The van der Waals surface area contributed by atoms with Gasteiger partial charge in [-0.05, 0) is 122 Å². The van der Waals surface area contributed by atoms with E-state index in [0.29, 0.717) is 23.9 Å². The minimum Gasteiger partial charge on any atom is -0.545 e. The van der Waals surface area contributed by atoms with Crippen molar-refractivity contribution in [3.8, 4) is 0 Å². The summed E-state index contributed by atoms with van der Waals surface area (Å²) < 4.78 is 22.6. The Morgan fingerprint density at radius 2 is 0.740 bits per heavy atom. The molecule has 0 saturated heterocycles. The molecule has 77 heavy (non-hydrogen) atoms. The van der Waals surface area contributed by atoms with E-state index in [1.165, 1.54) is 6.42 Å². The standard InChI is InChI=1S/C68H107NO8/c1-6-8-10-12-14-16-18-20-21-22-23-24-25-26-27-28-29-30-31-32-33-34-35-36-37-38-39-40-41-42-43-44-45-47-49-51-53-55-57-59-66(71)77-64(63-76-68(67(72)73)74-61-60-69(3,4)5)62-75-65(70)58-56-54-52-50-48-46-19-17-15-13-11-9-7-2/h8,10-11,13-14,16-17,19-21,23-24,26-27,29-30,32-33,35-36,38-39,41-42,44-45,64,68H,6-7,9,12,15,18,22,25,28,31,34,37,40,43,46-63H2,1-5H3/b10-8-,13-11-,16-14-,19-17-,21-20-,24-23-,27-26-,30-29-,33-32-,36-35-,39-38-,42-41-,45-44-. The SMILES string of the molecule is CC/C=C\C/C=C\C/C=C\C/C=C\C/C=C\C/C=C\C/C=C\C/C=C\C/C=C\C/C=C\C/C=C\CCCCCCCC(=O)OC(COC(=O)CCCCCCC/C=C\C/C=C\CCC)COC(OCC[N+](C)(C)C)C(=O)[O-]. The Morgan fingerprint density at radius 1 is 0.403 bits per heavy atom. The van der Waals surface area contributed by atoms with Crippen LogP contribution in [0.1, 0.15) is 194 Å². The molecule has 2 unspecified atom stereocenters. The highest BCUT2D eigenvalue weighted by atomic mass is 16.7. The van der Waals surface area contributed by atoms with Crippen LogP contribution in [-0.2, 0) is 33.3 Å². The van der Waals surface area contributed by atoms with Crippen LogP contribution in [0.5, 0.6) is 0 Å². The van der Waals surface area contributed by atoms with Gasteiger partial charge in [-0.1, -0.05) is 217 Å². The third-order valence-corrected chi connectivity index (χ3v) is 11.7. The van der Waals surface area contributed by atoms with Crippen molar-refractivity contribution in [3.05, 3.63) is 158 Å². The first-order valence-electron chi connectivity index (χ1n) is 29.6. The highest BCUT2D eigenvalue weighted by Gasteiger charge is 2.22. The fraction of sp³-hybridized carbons (Fsp3) is 0.574. The second-order valence-electron chi connectivity index (χ2n) is 20.2. The Bertz CT molecular complexity index is 1810. The first-order chi connectivity index (χ1) is 37.6. The van der Waals surface area contributed by atoms with Gasteiger partial charge in [0.25, 0.3) is 0 Å². The lowest BCUT2D eigenvalue weighted by Crippen LogP contribution is -2.44. The number of carboxylic acids is 1. The highest BCUT2D eigenvalue weighted by Crippen LogP contribution is 2.13. The number of likely N-dealkylation sites (N-methyl/N-ethyl adjacent to an activating group) is 1. The van der Waals surface area contributed by atoms with Gasteiger partial charge >= 0.3 is 11.9 Å². The molecule has 432 valence electrons. The minimum atomic E-state index is -1.64. The molecule has 2 atom stereocenters. The molecule has 0 radical (unpaired) electrons. The maximum absolute atomic E-state index is 12.8. The number of carbonyl (C=O) groups is 3. The van der Waals surface area contributed by atoms with Gasteiger partial charge in [-0.15, -0.1) is 0 Å². The summed E-state index contributed by atoms with van der Waals surface area (Å²) in [6, 6.07) is 0. The van der Waals surface area contributed by atoms with Crippen molar-refractivity contribution in [2.75, 3.05) is 47.5 Å². The molecular formula is C68H107NO8. The molecule has 0 aromatic rings. The monoisotopic (exact) mass is 1070 g/mol. The van der Waals surface area contributed by atoms with Crippen LogP contribution in [0, 0.1) is 0 Å². The third kappa shape index (κ3) is 58.4. The Kier molecular flexibility index (Phi) is 53.3. The van der Waals surface area contributed by atoms with E-state index in [-0.39, 0.29) is 38.6 Å².